The van der Waals surface area contributed by atoms with Gasteiger partial charge in [0.1, 0.15) is 0 Å². The van der Waals surface area contributed by atoms with Gasteiger partial charge in [-0.3, -0.25) is 4.55 Å². The average Bonchev–Trinajstić information content (AvgIpc) is 1.85. The van der Waals surface area contributed by atoms with Crippen molar-refractivity contribution in [2.75, 3.05) is 13.2 Å². The fourth-order valence-corrected chi connectivity index (χ4v) is 0.579. The molecule has 1 N–H and O–H groups in total. The number of hydrogen-bond donors (Lipinski definition) is 1. The van der Waals surface area contributed by atoms with Crippen molar-refractivity contribution in [3.05, 3.63) is 12.3 Å². The van der Waals surface area contributed by atoms with Crippen LogP contribution in [0.25, 0.3) is 0 Å². The highest BCUT2D eigenvalue weighted by atomic mass is 32.3. The third kappa shape index (κ3) is 9.41. The molecule has 0 radical (unpaired) electrons. The lowest BCUT2D eigenvalue weighted by atomic mass is 10.7. The summed E-state index contributed by atoms with van der Waals surface area (Å²) in [5.74, 6) is 0. The standard InChI is InChI=1S/C5H10O5S/c1-2-9-4-3-5-10-11(6,7)8/h3-4H,2,5H2,1H3,(H,6,7,8). The van der Waals surface area contributed by atoms with E-state index in [0.717, 1.165) is 0 Å². The molecule has 0 aromatic rings. The molecule has 5 nitrogen and oxygen atoms in total. The molecular weight excluding hydrogens is 172 g/mol. The van der Waals surface area contributed by atoms with Gasteiger partial charge in [0.05, 0.1) is 19.5 Å². The first-order valence-corrected chi connectivity index (χ1v) is 4.31. The molecular formula is C5H10O5S. The lowest BCUT2D eigenvalue weighted by molar-refractivity contribution is 0.259. The quantitative estimate of drug-likeness (QED) is 0.490. The van der Waals surface area contributed by atoms with Crippen LogP contribution < -0.4 is 0 Å². The summed E-state index contributed by atoms with van der Waals surface area (Å²) in [6, 6.07) is 0. The van der Waals surface area contributed by atoms with Crippen LogP contribution in [0.1, 0.15) is 6.92 Å². The third-order valence-corrected chi connectivity index (χ3v) is 1.11. The van der Waals surface area contributed by atoms with Gasteiger partial charge < -0.3 is 4.74 Å². The molecule has 0 aliphatic carbocycles. The first kappa shape index (κ1) is 10.4. The molecule has 0 rings (SSSR count). The summed E-state index contributed by atoms with van der Waals surface area (Å²) in [5, 5.41) is 0. The monoisotopic (exact) mass is 182 g/mol. The van der Waals surface area contributed by atoms with Gasteiger partial charge in [-0.2, -0.15) is 8.42 Å². The molecule has 6 heteroatoms. The minimum Gasteiger partial charge on any atom is -0.502 e. The maximum absolute atomic E-state index is 9.92. The maximum atomic E-state index is 9.92. The molecule has 66 valence electrons. The van der Waals surface area contributed by atoms with Crippen molar-refractivity contribution in [2.24, 2.45) is 0 Å². The predicted octanol–water partition coefficient (Wildman–Crippen LogP) is 0.356. The van der Waals surface area contributed by atoms with Gasteiger partial charge >= 0.3 is 10.4 Å². The summed E-state index contributed by atoms with van der Waals surface area (Å²) in [7, 11) is -4.32. The van der Waals surface area contributed by atoms with Crippen molar-refractivity contribution < 1.29 is 21.9 Å². The highest BCUT2D eigenvalue weighted by Crippen LogP contribution is 1.86. The van der Waals surface area contributed by atoms with Crippen molar-refractivity contribution in [3.63, 3.8) is 0 Å². The van der Waals surface area contributed by atoms with Gasteiger partial charge in [0.2, 0.25) is 0 Å². The number of hydrogen-bond acceptors (Lipinski definition) is 4. The molecule has 0 atom stereocenters. The Hall–Kier alpha value is -0.590. The second kappa shape index (κ2) is 5.11. The highest BCUT2D eigenvalue weighted by Gasteiger charge is 1.99. The fourth-order valence-electron chi connectivity index (χ4n) is 0.329. The minimum absolute atomic E-state index is 0.223. The molecule has 11 heavy (non-hydrogen) atoms. The van der Waals surface area contributed by atoms with Crippen molar-refractivity contribution in [1.29, 1.82) is 0 Å². The van der Waals surface area contributed by atoms with Gasteiger partial charge in [0, 0.05) is 0 Å². The first-order valence-electron chi connectivity index (χ1n) is 2.94. The van der Waals surface area contributed by atoms with Gasteiger partial charge in [-0.25, -0.2) is 4.18 Å². The van der Waals surface area contributed by atoms with E-state index in [0.29, 0.717) is 6.61 Å². The Morgan fingerprint density at radius 1 is 1.55 bits per heavy atom. The molecule has 0 aromatic carbocycles. The predicted molar refractivity (Wildman–Crippen MR) is 38.3 cm³/mol. The smallest absolute Gasteiger partial charge is 0.397 e. The largest absolute Gasteiger partial charge is 0.502 e. The molecule has 0 aliphatic rings. The second-order valence-electron chi connectivity index (χ2n) is 1.54. The minimum atomic E-state index is -4.32. The zero-order valence-corrected chi connectivity index (χ0v) is 6.87. The van der Waals surface area contributed by atoms with E-state index in [1.807, 2.05) is 0 Å². The van der Waals surface area contributed by atoms with E-state index in [1.165, 1.54) is 12.3 Å². The molecule has 0 amide bonds. The molecule has 0 unspecified atom stereocenters. The fraction of sp³-hybridized carbons (Fsp3) is 0.600. The number of ether oxygens (including phenoxy) is 1. The van der Waals surface area contributed by atoms with Gasteiger partial charge in [-0.15, -0.1) is 0 Å². The van der Waals surface area contributed by atoms with Gasteiger partial charge in [0.15, 0.2) is 0 Å². The molecule has 0 saturated carbocycles. The molecule has 0 saturated heterocycles. The Labute approximate surface area is 65.6 Å². The molecule has 0 bridgehead atoms. The first-order chi connectivity index (χ1) is 5.06. The van der Waals surface area contributed by atoms with E-state index in [1.54, 1.807) is 6.92 Å². The van der Waals surface area contributed by atoms with Crippen LogP contribution in [-0.4, -0.2) is 26.2 Å². The lowest BCUT2D eigenvalue weighted by Crippen LogP contribution is -2.02. The second-order valence-corrected chi connectivity index (χ2v) is 2.63. The van der Waals surface area contributed by atoms with E-state index in [2.05, 4.69) is 4.18 Å². The van der Waals surface area contributed by atoms with Crippen LogP contribution in [0, 0.1) is 0 Å². The molecule has 0 spiro atoms. The van der Waals surface area contributed by atoms with Crippen LogP contribution in [0.2, 0.25) is 0 Å². The van der Waals surface area contributed by atoms with E-state index in [9.17, 15) is 8.42 Å². The van der Waals surface area contributed by atoms with E-state index in [-0.39, 0.29) is 6.61 Å². The average molecular weight is 182 g/mol. The normalized spacial score (nSPS) is 12.2. The molecule has 0 fully saturated rings. The van der Waals surface area contributed by atoms with Crippen LogP contribution in [-0.2, 0) is 19.3 Å². The summed E-state index contributed by atoms with van der Waals surface area (Å²) in [5.41, 5.74) is 0. The van der Waals surface area contributed by atoms with E-state index >= 15 is 0 Å². The van der Waals surface area contributed by atoms with Crippen LogP contribution in [0.5, 0.6) is 0 Å². The maximum Gasteiger partial charge on any atom is 0.397 e. The van der Waals surface area contributed by atoms with Gasteiger partial charge in [-0.05, 0) is 13.0 Å². The van der Waals surface area contributed by atoms with Crippen LogP contribution in [0.3, 0.4) is 0 Å². The Kier molecular flexibility index (Phi) is 4.84. The Morgan fingerprint density at radius 3 is 2.64 bits per heavy atom. The van der Waals surface area contributed by atoms with Crippen molar-refractivity contribution >= 4 is 10.4 Å². The van der Waals surface area contributed by atoms with E-state index in [4.69, 9.17) is 9.29 Å². The Bertz CT molecular complexity index is 205. The topological polar surface area (TPSA) is 72.8 Å². The molecule has 0 aliphatic heterocycles. The summed E-state index contributed by atoms with van der Waals surface area (Å²) >= 11 is 0. The Morgan fingerprint density at radius 2 is 2.18 bits per heavy atom. The van der Waals surface area contributed by atoms with Crippen molar-refractivity contribution in [2.45, 2.75) is 6.92 Å². The van der Waals surface area contributed by atoms with Crippen LogP contribution in [0.4, 0.5) is 0 Å². The zero-order valence-electron chi connectivity index (χ0n) is 6.06. The van der Waals surface area contributed by atoms with Crippen LogP contribution in [0.15, 0.2) is 12.3 Å². The van der Waals surface area contributed by atoms with Crippen molar-refractivity contribution in [3.8, 4) is 0 Å². The molecule has 0 heterocycles. The third-order valence-electron chi connectivity index (χ3n) is 0.672. The summed E-state index contributed by atoms with van der Waals surface area (Å²) < 4.78 is 36.5. The van der Waals surface area contributed by atoms with Crippen molar-refractivity contribution in [1.82, 2.24) is 0 Å². The zero-order chi connectivity index (χ0) is 8.74. The summed E-state index contributed by atoms with van der Waals surface area (Å²) in [6.07, 6.45) is 2.63. The van der Waals surface area contributed by atoms with Crippen LogP contribution >= 0.6 is 0 Å². The summed E-state index contributed by atoms with van der Waals surface area (Å²) in [4.78, 5) is 0. The van der Waals surface area contributed by atoms with Gasteiger partial charge in [0.25, 0.3) is 0 Å². The highest BCUT2D eigenvalue weighted by molar-refractivity contribution is 7.80. The van der Waals surface area contributed by atoms with Gasteiger partial charge in [-0.1, -0.05) is 0 Å². The molecule has 0 aromatic heterocycles. The Balaban J connectivity index is 3.42. The SMILES string of the molecule is CCOC=CCOS(=O)(=O)O. The lowest BCUT2D eigenvalue weighted by Gasteiger charge is -1.93. The summed E-state index contributed by atoms with van der Waals surface area (Å²) in [6.45, 7) is 2.06. The number of rotatable bonds is 5. The van der Waals surface area contributed by atoms with E-state index < -0.39 is 10.4 Å².